The van der Waals surface area contributed by atoms with Crippen LogP contribution in [0.3, 0.4) is 0 Å². The van der Waals surface area contributed by atoms with Crippen molar-refractivity contribution in [3.63, 3.8) is 0 Å². The number of methoxy groups -OCH3 is 1. The lowest BCUT2D eigenvalue weighted by atomic mass is 10.1. The first-order chi connectivity index (χ1) is 13.5. The van der Waals surface area contributed by atoms with E-state index in [0.717, 1.165) is 16.1 Å². The zero-order valence-corrected chi connectivity index (χ0v) is 16.1. The van der Waals surface area contributed by atoms with Crippen molar-refractivity contribution in [3.8, 4) is 22.8 Å². The number of para-hydroxylation sites is 1. The largest absolute Gasteiger partial charge is 0.496 e. The van der Waals surface area contributed by atoms with E-state index >= 15 is 0 Å². The number of nitrogens with zero attached hydrogens (tertiary/aromatic N) is 1. The van der Waals surface area contributed by atoms with E-state index in [1.165, 1.54) is 18.4 Å². The third kappa shape index (κ3) is 3.41. The van der Waals surface area contributed by atoms with Crippen molar-refractivity contribution in [1.29, 1.82) is 0 Å². The Labute approximate surface area is 165 Å². The maximum atomic E-state index is 12.6. The molecule has 0 atom stereocenters. The minimum absolute atomic E-state index is 0.0151. The van der Waals surface area contributed by atoms with E-state index in [2.05, 4.69) is 15.6 Å². The van der Waals surface area contributed by atoms with E-state index in [-0.39, 0.29) is 18.4 Å². The average Bonchev–Trinajstić information content (AvgIpc) is 3.07. The van der Waals surface area contributed by atoms with Crippen LogP contribution >= 0.6 is 11.3 Å². The van der Waals surface area contributed by atoms with E-state index in [4.69, 9.17) is 9.47 Å². The number of hydrogen-bond acceptors (Lipinski definition) is 6. The second-order valence-corrected chi connectivity index (χ2v) is 7.33. The maximum Gasteiger partial charge on any atom is 0.262 e. The molecule has 8 heteroatoms. The topological polar surface area (TPSA) is 89.5 Å². The first-order valence-corrected chi connectivity index (χ1v) is 9.35. The van der Waals surface area contributed by atoms with Crippen LogP contribution in [-0.2, 0) is 4.79 Å². The molecule has 7 nitrogen and oxygen atoms in total. The predicted octanol–water partition coefficient (Wildman–Crippen LogP) is 3.71. The maximum absolute atomic E-state index is 12.6. The summed E-state index contributed by atoms with van der Waals surface area (Å²) >= 11 is 1.38. The van der Waals surface area contributed by atoms with Crippen LogP contribution in [0.25, 0.3) is 11.3 Å². The number of ether oxygens (including phenoxy) is 2. The first kappa shape index (κ1) is 18.0. The number of rotatable bonds is 4. The van der Waals surface area contributed by atoms with Crippen molar-refractivity contribution in [2.24, 2.45) is 0 Å². The molecule has 2 heterocycles. The molecule has 0 saturated carbocycles. The number of nitrogens with one attached hydrogen (secondary N) is 2. The minimum Gasteiger partial charge on any atom is -0.496 e. The van der Waals surface area contributed by atoms with Gasteiger partial charge in [0.2, 0.25) is 0 Å². The monoisotopic (exact) mass is 395 g/mol. The van der Waals surface area contributed by atoms with Gasteiger partial charge in [0.1, 0.15) is 11.5 Å². The number of aromatic nitrogens is 1. The molecule has 142 valence electrons. The summed E-state index contributed by atoms with van der Waals surface area (Å²) in [5.41, 5.74) is 2.62. The normalized spacial score (nSPS) is 12.6. The fourth-order valence-corrected chi connectivity index (χ4v) is 3.78. The summed E-state index contributed by atoms with van der Waals surface area (Å²) in [5.74, 6) is 0.646. The van der Waals surface area contributed by atoms with Crippen molar-refractivity contribution in [2.75, 3.05) is 24.4 Å². The molecule has 1 aromatic heterocycles. The number of fused-ring (bicyclic) bond motifs is 1. The highest BCUT2D eigenvalue weighted by Crippen LogP contribution is 2.36. The van der Waals surface area contributed by atoms with Crippen LogP contribution < -0.4 is 20.1 Å². The van der Waals surface area contributed by atoms with Gasteiger partial charge in [0.25, 0.3) is 11.8 Å². The van der Waals surface area contributed by atoms with E-state index in [9.17, 15) is 9.59 Å². The van der Waals surface area contributed by atoms with Crippen LogP contribution in [0, 0.1) is 6.92 Å². The van der Waals surface area contributed by atoms with Crippen molar-refractivity contribution in [3.05, 3.63) is 52.9 Å². The Morgan fingerprint density at radius 1 is 1.29 bits per heavy atom. The van der Waals surface area contributed by atoms with Crippen molar-refractivity contribution in [1.82, 2.24) is 4.98 Å². The zero-order valence-electron chi connectivity index (χ0n) is 15.2. The Balaban J connectivity index is 1.60. The Hall–Kier alpha value is -3.39. The Morgan fingerprint density at radius 3 is 2.93 bits per heavy atom. The van der Waals surface area contributed by atoms with Gasteiger partial charge in [-0.05, 0) is 37.3 Å². The highest BCUT2D eigenvalue weighted by molar-refractivity contribution is 7.16. The smallest absolute Gasteiger partial charge is 0.262 e. The fraction of sp³-hybridized carbons (Fsp3) is 0.150. The Kier molecular flexibility index (Phi) is 4.70. The lowest BCUT2D eigenvalue weighted by Gasteiger charge is -2.18. The van der Waals surface area contributed by atoms with Gasteiger partial charge in [0.05, 0.1) is 24.1 Å². The van der Waals surface area contributed by atoms with Crippen LogP contribution in [0.1, 0.15) is 15.2 Å². The van der Waals surface area contributed by atoms with Gasteiger partial charge < -0.3 is 14.8 Å². The number of thiazole rings is 1. The molecule has 2 amide bonds. The molecule has 3 aromatic rings. The highest BCUT2D eigenvalue weighted by atomic mass is 32.1. The summed E-state index contributed by atoms with van der Waals surface area (Å²) in [6.45, 7) is 1.95. The second-order valence-electron chi connectivity index (χ2n) is 6.13. The molecule has 0 fully saturated rings. The number of anilines is 2. The highest BCUT2D eigenvalue weighted by Gasteiger charge is 2.19. The summed E-state index contributed by atoms with van der Waals surface area (Å²) in [7, 11) is 1.52. The van der Waals surface area contributed by atoms with Gasteiger partial charge in [0, 0.05) is 10.4 Å². The Morgan fingerprint density at radius 2 is 2.11 bits per heavy atom. The van der Waals surface area contributed by atoms with Crippen LogP contribution in [-0.4, -0.2) is 30.5 Å². The van der Waals surface area contributed by atoms with Gasteiger partial charge in [-0.15, -0.1) is 11.3 Å². The number of carbonyl (C=O) groups is 2. The quantitative estimate of drug-likeness (QED) is 0.703. The molecule has 1 aliphatic heterocycles. The first-order valence-electron chi connectivity index (χ1n) is 8.54. The standard InChI is InChI=1S/C20H17N3O4S/c1-11-18(12-7-8-16-14(9-12)21-17(24)10-27-16)22-20(28-11)23-19(25)13-5-3-4-6-15(13)26-2/h3-9H,10H2,1-2H3,(H,21,24)(H,22,23,25). The molecule has 2 N–H and O–H groups in total. The molecule has 2 aromatic carbocycles. The number of carbonyl (C=O) groups excluding carboxylic acids is 2. The molecule has 4 rings (SSSR count). The Bertz CT molecular complexity index is 1080. The van der Waals surface area contributed by atoms with Crippen LogP contribution in [0.4, 0.5) is 10.8 Å². The third-order valence-electron chi connectivity index (χ3n) is 4.25. The number of benzene rings is 2. The number of aryl methyl sites for hydroxylation is 1. The molecular weight excluding hydrogens is 378 g/mol. The van der Waals surface area contributed by atoms with Gasteiger partial charge in [0.15, 0.2) is 11.7 Å². The summed E-state index contributed by atoms with van der Waals surface area (Å²) in [6, 6.07) is 12.5. The molecule has 0 aliphatic carbocycles. The SMILES string of the molecule is COc1ccccc1C(=O)Nc1nc(-c2ccc3c(c2)NC(=O)CO3)c(C)s1. The number of amides is 2. The lowest BCUT2D eigenvalue weighted by molar-refractivity contribution is -0.118. The van der Waals surface area contributed by atoms with Gasteiger partial charge in [-0.25, -0.2) is 4.98 Å². The second kappa shape index (κ2) is 7.32. The molecule has 1 aliphatic rings. The van der Waals surface area contributed by atoms with Gasteiger partial charge in [-0.2, -0.15) is 0 Å². The molecule has 0 saturated heterocycles. The number of hydrogen-bond donors (Lipinski definition) is 2. The van der Waals surface area contributed by atoms with E-state index in [1.807, 2.05) is 19.1 Å². The molecule has 28 heavy (non-hydrogen) atoms. The molecular formula is C20H17N3O4S. The zero-order chi connectivity index (χ0) is 19.7. The molecule has 0 radical (unpaired) electrons. The predicted molar refractivity (Wildman–Crippen MR) is 107 cm³/mol. The van der Waals surface area contributed by atoms with Crippen LogP contribution in [0.5, 0.6) is 11.5 Å². The lowest BCUT2D eigenvalue weighted by Crippen LogP contribution is -2.25. The fourth-order valence-electron chi connectivity index (χ4n) is 2.94. The minimum atomic E-state index is -0.288. The van der Waals surface area contributed by atoms with Crippen LogP contribution in [0.15, 0.2) is 42.5 Å². The molecule has 0 bridgehead atoms. The summed E-state index contributed by atoms with van der Waals surface area (Å²) < 4.78 is 10.6. The third-order valence-corrected chi connectivity index (χ3v) is 5.14. The van der Waals surface area contributed by atoms with Crippen molar-refractivity contribution in [2.45, 2.75) is 6.92 Å². The van der Waals surface area contributed by atoms with Crippen LogP contribution in [0.2, 0.25) is 0 Å². The van der Waals surface area contributed by atoms with Gasteiger partial charge in [-0.3, -0.25) is 14.9 Å². The van der Waals surface area contributed by atoms with Crippen molar-refractivity contribution >= 4 is 34.0 Å². The molecule has 0 unspecified atom stereocenters. The van der Waals surface area contributed by atoms with Gasteiger partial charge in [-0.1, -0.05) is 12.1 Å². The van der Waals surface area contributed by atoms with Crippen molar-refractivity contribution < 1.29 is 19.1 Å². The summed E-state index contributed by atoms with van der Waals surface area (Å²) in [6.07, 6.45) is 0. The van der Waals surface area contributed by atoms with E-state index in [1.54, 1.807) is 30.3 Å². The summed E-state index contributed by atoms with van der Waals surface area (Å²) in [4.78, 5) is 29.6. The van der Waals surface area contributed by atoms with Gasteiger partial charge >= 0.3 is 0 Å². The van der Waals surface area contributed by atoms with E-state index in [0.29, 0.717) is 27.9 Å². The summed E-state index contributed by atoms with van der Waals surface area (Å²) in [5, 5.41) is 6.11. The molecule has 0 spiro atoms. The van der Waals surface area contributed by atoms with E-state index < -0.39 is 0 Å². The average molecular weight is 395 g/mol.